The average Bonchev–Trinajstić information content (AvgIpc) is 2.43. The molecule has 0 atom stereocenters. The van der Waals surface area contributed by atoms with Crippen molar-refractivity contribution in [3.63, 3.8) is 0 Å². The number of amides is 2. The van der Waals surface area contributed by atoms with Crippen molar-refractivity contribution in [1.29, 1.82) is 0 Å². The van der Waals surface area contributed by atoms with Gasteiger partial charge in [0.15, 0.2) is 0 Å². The average molecular weight is 302 g/mol. The van der Waals surface area contributed by atoms with Crippen LogP contribution in [0.4, 0.5) is 5.69 Å². The van der Waals surface area contributed by atoms with E-state index in [9.17, 15) is 9.59 Å². The minimum absolute atomic E-state index is 0.0631. The molecule has 0 radical (unpaired) electrons. The Balaban J connectivity index is 1.94. The van der Waals surface area contributed by atoms with Gasteiger partial charge < -0.3 is 10.2 Å². The largest absolute Gasteiger partial charge is 0.342 e. The fourth-order valence-corrected chi connectivity index (χ4v) is 3.07. The molecule has 1 saturated heterocycles. The highest BCUT2D eigenvalue weighted by molar-refractivity contribution is 6.04. The number of aryl methyl sites for hydroxylation is 3. The van der Waals surface area contributed by atoms with E-state index >= 15 is 0 Å². The zero-order chi connectivity index (χ0) is 16.3. The number of hydrogen-bond donors (Lipinski definition) is 1. The maximum absolute atomic E-state index is 12.2. The van der Waals surface area contributed by atoms with Gasteiger partial charge >= 0.3 is 0 Å². The summed E-state index contributed by atoms with van der Waals surface area (Å²) in [5.74, 6) is 0.390. The summed E-state index contributed by atoms with van der Waals surface area (Å²) < 4.78 is 0. The Morgan fingerprint density at radius 2 is 1.68 bits per heavy atom. The van der Waals surface area contributed by atoms with Crippen molar-refractivity contribution in [1.82, 2.24) is 4.90 Å². The highest BCUT2D eigenvalue weighted by Crippen LogP contribution is 2.22. The Kier molecular flexibility index (Phi) is 5.22. The van der Waals surface area contributed by atoms with Crippen molar-refractivity contribution >= 4 is 17.5 Å². The number of carbonyl (C=O) groups is 2. The fourth-order valence-electron chi connectivity index (χ4n) is 3.07. The molecule has 2 rings (SSSR count). The lowest BCUT2D eigenvalue weighted by Crippen LogP contribution is -2.39. The number of anilines is 1. The van der Waals surface area contributed by atoms with E-state index in [1.54, 1.807) is 0 Å². The van der Waals surface area contributed by atoms with E-state index in [0.717, 1.165) is 42.7 Å². The maximum Gasteiger partial charge on any atom is 0.233 e. The number of rotatable bonds is 3. The summed E-state index contributed by atoms with van der Waals surface area (Å²) in [6.07, 6.45) is 1.99. The predicted molar refractivity (Wildman–Crippen MR) is 88.9 cm³/mol. The zero-order valence-electron chi connectivity index (χ0n) is 14.0. The highest BCUT2D eigenvalue weighted by Gasteiger charge is 2.22. The molecule has 0 aromatic heterocycles. The van der Waals surface area contributed by atoms with Crippen molar-refractivity contribution < 1.29 is 9.59 Å². The molecule has 0 unspecified atom stereocenters. The summed E-state index contributed by atoms with van der Waals surface area (Å²) in [4.78, 5) is 26.2. The van der Waals surface area contributed by atoms with Gasteiger partial charge in [0.25, 0.3) is 0 Å². The lowest BCUT2D eigenvalue weighted by Gasteiger charge is -2.30. The smallest absolute Gasteiger partial charge is 0.233 e. The topological polar surface area (TPSA) is 49.4 Å². The summed E-state index contributed by atoms with van der Waals surface area (Å²) in [5, 5.41) is 2.90. The lowest BCUT2D eigenvalue weighted by molar-refractivity contribution is -0.135. The molecule has 1 fully saturated rings. The number of nitrogens with one attached hydrogen (secondary N) is 1. The number of benzene rings is 1. The summed E-state index contributed by atoms with van der Waals surface area (Å²) >= 11 is 0. The van der Waals surface area contributed by atoms with E-state index in [4.69, 9.17) is 0 Å². The molecule has 4 heteroatoms. The van der Waals surface area contributed by atoms with Gasteiger partial charge in [0, 0.05) is 18.8 Å². The van der Waals surface area contributed by atoms with Crippen LogP contribution in [-0.4, -0.2) is 29.8 Å². The molecule has 1 aliphatic heterocycles. The van der Waals surface area contributed by atoms with E-state index in [1.807, 2.05) is 37.8 Å². The number of piperidine rings is 1. The monoisotopic (exact) mass is 302 g/mol. The van der Waals surface area contributed by atoms with E-state index in [2.05, 4.69) is 12.2 Å². The molecule has 4 nitrogen and oxygen atoms in total. The third-order valence-corrected chi connectivity index (χ3v) is 4.39. The Bertz CT molecular complexity index is 549. The highest BCUT2D eigenvalue weighted by atomic mass is 16.2. The first-order valence-corrected chi connectivity index (χ1v) is 8.02. The normalized spacial score (nSPS) is 15.7. The van der Waals surface area contributed by atoms with Crippen LogP contribution >= 0.6 is 0 Å². The molecule has 120 valence electrons. The molecule has 1 heterocycles. The van der Waals surface area contributed by atoms with Gasteiger partial charge in [-0.05, 0) is 50.7 Å². The lowest BCUT2D eigenvalue weighted by atomic mass is 9.99. The Morgan fingerprint density at radius 3 is 2.23 bits per heavy atom. The summed E-state index contributed by atoms with van der Waals surface area (Å²) in [6.45, 7) is 9.74. The third-order valence-electron chi connectivity index (χ3n) is 4.39. The number of nitrogens with zero attached hydrogens (tertiary/aromatic N) is 1. The minimum Gasteiger partial charge on any atom is -0.342 e. The van der Waals surface area contributed by atoms with E-state index in [-0.39, 0.29) is 18.2 Å². The van der Waals surface area contributed by atoms with Crippen LogP contribution in [0, 0.1) is 26.7 Å². The maximum atomic E-state index is 12.2. The van der Waals surface area contributed by atoms with Crippen LogP contribution in [0.15, 0.2) is 12.1 Å². The molecular formula is C18H26N2O2. The standard InChI is InChI=1S/C18H26N2O2/c1-12-5-7-20(8-6-12)17(22)11-16(21)19-18-14(3)9-13(2)10-15(18)4/h9-10,12H,5-8,11H2,1-4H3,(H,19,21). The predicted octanol–water partition coefficient (Wildman–Crippen LogP) is 3.20. The molecule has 1 aliphatic rings. The molecular weight excluding hydrogens is 276 g/mol. The number of hydrogen-bond acceptors (Lipinski definition) is 2. The van der Waals surface area contributed by atoms with Crippen LogP contribution in [0.5, 0.6) is 0 Å². The second-order valence-corrected chi connectivity index (χ2v) is 6.56. The van der Waals surface area contributed by atoms with Crippen molar-refractivity contribution in [2.75, 3.05) is 18.4 Å². The fraction of sp³-hybridized carbons (Fsp3) is 0.556. The third kappa shape index (κ3) is 4.09. The number of likely N-dealkylation sites (tertiary alicyclic amines) is 1. The first-order valence-electron chi connectivity index (χ1n) is 8.02. The van der Waals surface area contributed by atoms with E-state index in [0.29, 0.717) is 5.92 Å². The van der Waals surface area contributed by atoms with Crippen LogP contribution < -0.4 is 5.32 Å². The van der Waals surface area contributed by atoms with Gasteiger partial charge in [-0.3, -0.25) is 9.59 Å². The first-order chi connectivity index (χ1) is 10.4. The first kappa shape index (κ1) is 16.5. The van der Waals surface area contributed by atoms with Gasteiger partial charge in [-0.1, -0.05) is 24.6 Å². The van der Waals surface area contributed by atoms with Crippen molar-refractivity contribution in [2.24, 2.45) is 5.92 Å². The molecule has 0 aliphatic carbocycles. The Hall–Kier alpha value is -1.84. The SMILES string of the molecule is Cc1cc(C)c(NC(=O)CC(=O)N2CCC(C)CC2)c(C)c1. The second kappa shape index (κ2) is 6.95. The van der Waals surface area contributed by atoms with Gasteiger partial charge in [0.2, 0.25) is 11.8 Å². The van der Waals surface area contributed by atoms with Crippen LogP contribution in [-0.2, 0) is 9.59 Å². The van der Waals surface area contributed by atoms with Gasteiger partial charge in [-0.15, -0.1) is 0 Å². The summed E-state index contributed by atoms with van der Waals surface area (Å²) in [5.41, 5.74) is 4.07. The second-order valence-electron chi connectivity index (χ2n) is 6.56. The van der Waals surface area contributed by atoms with Gasteiger partial charge in [0.1, 0.15) is 6.42 Å². The van der Waals surface area contributed by atoms with Crippen LogP contribution in [0.3, 0.4) is 0 Å². The van der Waals surface area contributed by atoms with Crippen LogP contribution in [0.25, 0.3) is 0 Å². The molecule has 1 aromatic carbocycles. The van der Waals surface area contributed by atoms with Crippen molar-refractivity contribution in [3.8, 4) is 0 Å². The quantitative estimate of drug-likeness (QED) is 0.872. The molecule has 22 heavy (non-hydrogen) atoms. The number of carbonyl (C=O) groups excluding carboxylic acids is 2. The molecule has 1 aromatic rings. The molecule has 0 spiro atoms. The van der Waals surface area contributed by atoms with Crippen LogP contribution in [0.2, 0.25) is 0 Å². The van der Waals surface area contributed by atoms with Crippen LogP contribution in [0.1, 0.15) is 42.9 Å². The van der Waals surface area contributed by atoms with Gasteiger partial charge in [0.05, 0.1) is 0 Å². The van der Waals surface area contributed by atoms with E-state index in [1.165, 1.54) is 5.56 Å². The van der Waals surface area contributed by atoms with Gasteiger partial charge in [-0.2, -0.15) is 0 Å². The molecule has 0 saturated carbocycles. The van der Waals surface area contributed by atoms with E-state index < -0.39 is 0 Å². The molecule has 1 N–H and O–H groups in total. The summed E-state index contributed by atoms with van der Waals surface area (Å²) in [6, 6.07) is 4.08. The molecule has 0 bridgehead atoms. The minimum atomic E-state index is -0.223. The Morgan fingerprint density at radius 1 is 1.14 bits per heavy atom. The van der Waals surface area contributed by atoms with Crippen molar-refractivity contribution in [3.05, 3.63) is 28.8 Å². The summed E-state index contributed by atoms with van der Waals surface area (Å²) in [7, 11) is 0. The molecule has 2 amide bonds. The zero-order valence-corrected chi connectivity index (χ0v) is 14.0. The van der Waals surface area contributed by atoms with Gasteiger partial charge in [-0.25, -0.2) is 0 Å². The van der Waals surface area contributed by atoms with Crippen molar-refractivity contribution in [2.45, 2.75) is 47.0 Å². The Labute approximate surface area is 132 Å².